The predicted octanol–water partition coefficient (Wildman–Crippen LogP) is 4.35. The lowest BCUT2D eigenvalue weighted by Gasteiger charge is -2.24. The van der Waals surface area contributed by atoms with E-state index in [1.54, 1.807) is 12.3 Å². The molecule has 0 bridgehead atoms. The molecule has 29 heavy (non-hydrogen) atoms. The molecule has 5 heteroatoms. The van der Waals surface area contributed by atoms with Gasteiger partial charge in [-0.1, -0.05) is 35.9 Å². The minimum Gasteiger partial charge on any atom is -0.492 e. The summed E-state index contributed by atoms with van der Waals surface area (Å²) in [4.78, 5) is 14.9. The van der Waals surface area contributed by atoms with E-state index >= 15 is 0 Å². The van der Waals surface area contributed by atoms with Gasteiger partial charge in [0.05, 0.1) is 24.9 Å². The van der Waals surface area contributed by atoms with E-state index in [4.69, 9.17) is 9.15 Å². The number of rotatable bonds is 7. The van der Waals surface area contributed by atoms with Gasteiger partial charge in [-0.2, -0.15) is 0 Å². The van der Waals surface area contributed by atoms with Gasteiger partial charge in [-0.05, 0) is 50.1 Å². The summed E-state index contributed by atoms with van der Waals surface area (Å²) < 4.78 is 11.3. The first-order valence-corrected chi connectivity index (χ1v) is 10.0. The van der Waals surface area contributed by atoms with E-state index in [2.05, 4.69) is 35.3 Å². The van der Waals surface area contributed by atoms with Crippen LogP contribution in [-0.4, -0.2) is 25.1 Å². The fourth-order valence-corrected chi connectivity index (χ4v) is 3.75. The molecule has 1 aliphatic heterocycles. The number of carbonyl (C=O) groups is 1. The van der Waals surface area contributed by atoms with Gasteiger partial charge in [-0.15, -0.1) is 0 Å². The lowest BCUT2D eigenvalue weighted by Crippen LogP contribution is -2.31. The molecule has 1 amide bonds. The zero-order valence-electron chi connectivity index (χ0n) is 16.9. The van der Waals surface area contributed by atoms with Gasteiger partial charge in [0.1, 0.15) is 18.1 Å². The Labute approximate surface area is 171 Å². The van der Waals surface area contributed by atoms with Gasteiger partial charge in [0, 0.05) is 11.7 Å². The number of para-hydroxylation sites is 1. The van der Waals surface area contributed by atoms with E-state index in [9.17, 15) is 4.79 Å². The number of furan rings is 1. The number of aryl methyl sites for hydroxylation is 1. The van der Waals surface area contributed by atoms with Gasteiger partial charge < -0.3 is 19.4 Å². The molecular formula is C24H26N2O3. The number of anilines is 1. The van der Waals surface area contributed by atoms with Crippen molar-refractivity contribution in [3.05, 3.63) is 83.3 Å². The number of nitrogens with zero attached hydrogens (tertiary/aromatic N) is 1. The van der Waals surface area contributed by atoms with Crippen LogP contribution in [0, 0.1) is 6.92 Å². The summed E-state index contributed by atoms with van der Waals surface area (Å²) in [5, 5.41) is 2.92. The second-order valence-electron chi connectivity index (χ2n) is 7.48. The van der Waals surface area contributed by atoms with Gasteiger partial charge in [0.2, 0.25) is 0 Å². The number of carbonyl (C=O) groups excluding carboxylic acids is 1. The summed E-state index contributed by atoms with van der Waals surface area (Å²) in [6, 6.07) is 18.4. The molecule has 150 valence electrons. The maximum atomic E-state index is 12.6. The summed E-state index contributed by atoms with van der Waals surface area (Å²) >= 11 is 0. The molecule has 2 aromatic carbocycles. The van der Waals surface area contributed by atoms with E-state index in [1.165, 1.54) is 16.8 Å². The SMILES string of the molecule is Cc1ccc(OCCNC(=O)c2ccoc2CN2c3ccccc3CC2C)cc1. The highest BCUT2D eigenvalue weighted by Gasteiger charge is 2.27. The predicted molar refractivity (Wildman–Crippen MR) is 114 cm³/mol. The van der Waals surface area contributed by atoms with Crippen molar-refractivity contribution in [1.29, 1.82) is 0 Å². The summed E-state index contributed by atoms with van der Waals surface area (Å²) in [7, 11) is 0. The van der Waals surface area contributed by atoms with Crippen molar-refractivity contribution in [2.24, 2.45) is 0 Å². The molecule has 0 saturated heterocycles. The lowest BCUT2D eigenvalue weighted by molar-refractivity contribution is 0.0945. The number of benzene rings is 2. The maximum absolute atomic E-state index is 12.6. The Balaban J connectivity index is 1.34. The minimum absolute atomic E-state index is 0.138. The monoisotopic (exact) mass is 390 g/mol. The van der Waals surface area contributed by atoms with Crippen molar-refractivity contribution in [1.82, 2.24) is 5.32 Å². The Morgan fingerprint density at radius 2 is 1.97 bits per heavy atom. The number of ether oxygens (including phenoxy) is 1. The number of amides is 1. The molecule has 5 nitrogen and oxygen atoms in total. The summed E-state index contributed by atoms with van der Waals surface area (Å²) in [6.45, 7) is 5.66. The molecule has 0 fully saturated rings. The van der Waals surface area contributed by atoms with Crippen molar-refractivity contribution in [2.45, 2.75) is 32.9 Å². The van der Waals surface area contributed by atoms with Crippen molar-refractivity contribution in [2.75, 3.05) is 18.1 Å². The molecule has 4 rings (SSSR count). The van der Waals surface area contributed by atoms with Crippen molar-refractivity contribution in [3.8, 4) is 5.75 Å². The van der Waals surface area contributed by atoms with E-state index < -0.39 is 0 Å². The maximum Gasteiger partial charge on any atom is 0.255 e. The number of fused-ring (bicyclic) bond motifs is 1. The Bertz CT molecular complexity index is 978. The molecule has 3 aromatic rings. The van der Waals surface area contributed by atoms with Gasteiger partial charge in [0.25, 0.3) is 5.91 Å². The quantitative estimate of drug-likeness (QED) is 0.610. The molecule has 2 heterocycles. The standard InChI is InChI=1S/C24H26N2O3/c1-17-7-9-20(10-8-17)28-14-12-25-24(27)21-11-13-29-23(21)16-26-18(2)15-19-5-3-4-6-22(19)26/h3-11,13,18H,12,14-16H2,1-2H3,(H,25,27). The first kappa shape index (κ1) is 19.1. The average Bonchev–Trinajstić information content (AvgIpc) is 3.31. The first-order chi connectivity index (χ1) is 14.1. The van der Waals surface area contributed by atoms with Crippen molar-refractivity contribution >= 4 is 11.6 Å². The van der Waals surface area contributed by atoms with Gasteiger partial charge >= 0.3 is 0 Å². The second kappa shape index (κ2) is 8.43. The first-order valence-electron chi connectivity index (χ1n) is 10.0. The van der Waals surface area contributed by atoms with E-state index in [1.807, 2.05) is 37.3 Å². The topological polar surface area (TPSA) is 54.7 Å². The second-order valence-corrected chi connectivity index (χ2v) is 7.48. The van der Waals surface area contributed by atoms with Crippen LogP contribution in [0.4, 0.5) is 5.69 Å². The highest BCUT2D eigenvalue weighted by Crippen LogP contribution is 2.33. The van der Waals surface area contributed by atoms with Crippen LogP contribution in [-0.2, 0) is 13.0 Å². The van der Waals surface area contributed by atoms with E-state index in [0.717, 1.165) is 12.2 Å². The third-order valence-electron chi connectivity index (χ3n) is 5.33. The lowest BCUT2D eigenvalue weighted by atomic mass is 10.1. The van der Waals surface area contributed by atoms with E-state index in [0.29, 0.717) is 37.1 Å². The molecule has 1 aromatic heterocycles. The fourth-order valence-electron chi connectivity index (χ4n) is 3.75. The zero-order valence-corrected chi connectivity index (χ0v) is 16.9. The number of hydrogen-bond acceptors (Lipinski definition) is 4. The van der Waals surface area contributed by atoms with Crippen LogP contribution in [0.15, 0.2) is 65.3 Å². The Morgan fingerprint density at radius 3 is 2.79 bits per heavy atom. The van der Waals surface area contributed by atoms with Crippen LogP contribution in [0.1, 0.15) is 34.2 Å². The molecule has 0 saturated carbocycles. The molecule has 0 aliphatic carbocycles. The zero-order chi connectivity index (χ0) is 20.2. The molecule has 0 radical (unpaired) electrons. The van der Waals surface area contributed by atoms with Crippen LogP contribution in [0.3, 0.4) is 0 Å². The number of hydrogen-bond donors (Lipinski definition) is 1. The molecule has 0 spiro atoms. The summed E-state index contributed by atoms with van der Waals surface area (Å²) in [5.74, 6) is 1.35. The summed E-state index contributed by atoms with van der Waals surface area (Å²) in [6.07, 6.45) is 2.59. The van der Waals surface area contributed by atoms with Gasteiger partial charge in [0.15, 0.2) is 0 Å². The van der Waals surface area contributed by atoms with Crippen LogP contribution in [0.5, 0.6) is 5.75 Å². The molecular weight excluding hydrogens is 364 g/mol. The number of nitrogens with one attached hydrogen (secondary N) is 1. The summed E-state index contributed by atoms with van der Waals surface area (Å²) in [5.41, 5.74) is 4.32. The third-order valence-corrected chi connectivity index (χ3v) is 5.33. The Kier molecular flexibility index (Phi) is 5.56. The Hall–Kier alpha value is -3.21. The highest BCUT2D eigenvalue weighted by atomic mass is 16.5. The van der Waals surface area contributed by atoms with Gasteiger partial charge in [-0.25, -0.2) is 0 Å². The molecule has 1 N–H and O–H groups in total. The largest absolute Gasteiger partial charge is 0.492 e. The Morgan fingerprint density at radius 1 is 1.17 bits per heavy atom. The third kappa shape index (κ3) is 4.29. The van der Waals surface area contributed by atoms with Crippen LogP contribution >= 0.6 is 0 Å². The molecule has 1 aliphatic rings. The normalized spacial score (nSPS) is 15.2. The van der Waals surface area contributed by atoms with Crippen LogP contribution in [0.25, 0.3) is 0 Å². The fraction of sp³-hybridized carbons (Fsp3) is 0.292. The van der Waals surface area contributed by atoms with Crippen molar-refractivity contribution in [3.63, 3.8) is 0 Å². The highest BCUT2D eigenvalue weighted by molar-refractivity contribution is 5.95. The van der Waals surface area contributed by atoms with Crippen molar-refractivity contribution < 1.29 is 13.9 Å². The minimum atomic E-state index is -0.138. The van der Waals surface area contributed by atoms with E-state index in [-0.39, 0.29) is 5.91 Å². The van der Waals surface area contributed by atoms with Crippen LogP contribution in [0.2, 0.25) is 0 Å². The molecule has 1 unspecified atom stereocenters. The van der Waals surface area contributed by atoms with Gasteiger partial charge in [-0.3, -0.25) is 4.79 Å². The average molecular weight is 390 g/mol. The van der Waals surface area contributed by atoms with Crippen LogP contribution < -0.4 is 15.0 Å². The molecule has 1 atom stereocenters. The smallest absolute Gasteiger partial charge is 0.255 e.